The first-order valence-electron chi connectivity index (χ1n) is 4.47. The topological polar surface area (TPSA) is 33.1 Å². The van der Waals surface area contributed by atoms with Gasteiger partial charge in [-0.2, -0.15) is 0 Å². The highest BCUT2D eigenvalue weighted by molar-refractivity contribution is 6.29. The van der Waals surface area contributed by atoms with Crippen LogP contribution < -0.4 is 0 Å². The van der Waals surface area contributed by atoms with Crippen LogP contribution in [-0.2, 0) is 0 Å². The summed E-state index contributed by atoms with van der Waals surface area (Å²) >= 11 is 5.70. The van der Waals surface area contributed by atoms with Gasteiger partial charge in [-0.3, -0.25) is 0 Å². The second kappa shape index (κ2) is 5.64. The first-order valence-corrected chi connectivity index (χ1v) is 4.85. The fraction of sp³-hybridized carbons (Fsp3) is 0.364. The zero-order valence-electron chi connectivity index (χ0n) is 7.78. The van der Waals surface area contributed by atoms with Gasteiger partial charge in [-0.05, 0) is 30.5 Å². The molecule has 1 unspecified atom stereocenters. The van der Waals surface area contributed by atoms with E-state index < -0.39 is 6.10 Å². The van der Waals surface area contributed by atoms with Crippen molar-refractivity contribution in [3.8, 4) is 12.3 Å². The molecule has 0 amide bonds. The molecule has 74 valence electrons. The van der Waals surface area contributed by atoms with Crippen molar-refractivity contribution < 1.29 is 5.11 Å². The summed E-state index contributed by atoms with van der Waals surface area (Å²) in [5.41, 5.74) is 0.794. The van der Waals surface area contributed by atoms with Crippen molar-refractivity contribution in [3.63, 3.8) is 0 Å². The van der Waals surface area contributed by atoms with Crippen molar-refractivity contribution in [2.24, 2.45) is 0 Å². The number of rotatable bonds is 4. The van der Waals surface area contributed by atoms with Gasteiger partial charge in [-0.25, -0.2) is 4.98 Å². The Bertz CT molecular complexity index is 332. The van der Waals surface area contributed by atoms with E-state index in [1.54, 1.807) is 18.3 Å². The van der Waals surface area contributed by atoms with Crippen molar-refractivity contribution in [3.05, 3.63) is 29.0 Å². The van der Waals surface area contributed by atoms with Gasteiger partial charge in [-0.15, -0.1) is 12.3 Å². The maximum Gasteiger partial charge on any atom is 0.129 e. The van der Waals surface area contributed by atoms with E-state index in [1.807, 2.05) is 0 Å². The molecule has 3 heteroatoms. The van der Waals surface area contributed by atoms with E-state index in [9.17, 15) is 5.11 Å². The SMILES string of the molecule is C#CCCCC(O)c1ccnc(Cl)c1. The molecule has 1 rings (SSSR count). The predicted molar refractivity (Wildman–Crippen MR) is 56.9 cm³/mol. The Labute approximate surface area is 88.9 Å². The third-order valence-electron chi connectivity index (χ3n) is 1.93. The van der Waals surface area contributed by atoms with Crippen LogP contribution >= 0.6 is 11.6 Å². The average molecular weight is 210 g/mol. The molecule has 0 saturated heterocycles. The number of aromatic nitrogens is 1. The largest absolute Gasteiger partial charge is 0.388 e. The van der Waals surface area contributed by atoms with Crippen molar-refractivity contribution in [1.82, 2.24) is 4.98 Å². The lowest BCUT2D eigenvalue weighted by Crippen LogP contribution is -1.97. The van der Waals surface area contributed by atoms with E-state index in [0.29, 0.717) is 18.0 Å². The average Bonchev–Trinajstić information content (AvgIpc) is 2.18. The van der Waals surface area contributed by atoms with Gasteiger partial charge in [0.1, 0.15) is 5.15 Å². The van der Waals surface area contributed by atoms with Gasteiger partial charge in [0.15, 0.2) is 0 Å². The monoisotopic (exact) mass is 209 g/mol. The lowest BCUT2D eigenvalue weighted by Gasteiger charge is -2.09. The summed E-state index contributed by atoms with van der Waals surface area (Å²) in [4.78, 5) is 3.84. The molecule has 1 aromatic rings. The summed E-state index contributed by atoms with van der Waals surface area (Å²) in [5, 5.41) is 10.1. The number of aliphatic hydroxyl groups excluding tert-OH is 1. The second-order valence-corrected chi connectivity index (χ2v) is 3.41. The molecule has 14 heavy (non-hydrogen) atoms. The van der Waals surface area contributed by atoms with Crippen LogP contribution in [0.2, 0.25) is 5.15 Å². The van der Waals surface area contributed by atoms with E-state index in [4.69, 9.17) is 18.0 Å². The molecule has 0 bridgehead atoms. The van der Waals surface area contributed by atoms with E-state index in [1.165, 1.54) is 0 Å². The first-order chi connectivity index (χ1) is 6.74. The minimum atomic E-state index is -0.496. The molecule has 2 nitrogen and oxygen atoms in total. The van der Waals surface area contributed by atoms with Gasteiger partial charge in [0.05, 0.1) is 6.10 Å². The van der Waals surface area contributed by atoms with E-state index >= 15 is 0 Å². The van der Waals surface area contributed by atoms with Crippen molar-refractivity contribution in [2.75, 3.05) is 0 Å². The minimum absolute atomic E-state index is 0.401. The molecule has 0 saturated carbocycles. The summed E-state index contributed by atoms with van der Waals surface area (Å²) in [6, 6.07) is 3.43. The fourth-order valence-electron chi connectivity index (χ4n) is 1.19. The molecular formula is C11H12ClNO. The molecule has 0 aliphatic carbocycles. The number of aliphatic hydroxyl groups is 1. The van der Waals surface area contributed by atoms with Crippen LogP contribution in [0.1, 0.15) is 30.9 Å². The van der Waals surface area contributed by atoms with Crippen LogP contribution in [0.25, 0.3) is 0 Å². The molecule has 1 aromatic heterocycles. The van der Waals surface area contributed by atoms with Crippen molar-refractivity contribution >= 4 is 11.6 Å². The van der Waals surface area contributed by atoms with Crippen molar-refractivity contribution in [1.29, 1.82) is 0 Å². The number of halogens is 1. The first kappa shape index (κ1) is 11.0. The molecule has 0 aromatic carbocycles. The molecule has 1 heterocycles. The maximum absolute atomic E-state index is 9.72. The summed E-state index contributed by atoms with van der Waals surface area (Å²) in [5.74, 6) is 2.54. The highest BCUT2D eigenvalue weighted by Gasteiger charge is 2.07. The molecule has 0 fully saturated rings. The Balaban J connectivity index is 2.52. The van der Waals surface area contributed by atoms with Gasteiger partial charge in [0, 0.05) is 12.6 Å². The summed E-state index contributed by atoms with van der Waals surface area (Å²) in [6.45, 7) is 0. The fourth-order valence-corrected chi connectivity index (χ4v) is 1.37. The number of hydrogen-bond donors (Lipinski definition) is 1. The molecule has 0 aliphatic rings. The Kier molecular flexibility index (Phi) is 4.45. The number of terminal acetylenes is 1. The maximum atomic E-state index is 9.72. The van der Waals surface area contributed by atoms with Crippen LogP contribution in [-0.4, -0.2) is 10.1 Å². The third-order valence-corrected chi connectivity index (χ3v) is 2.14. The molecule has 1 N–H and O–H groups in total. The zero-order valence-corrected chi connectivity index (χ0v) is 8.54. The van der Waals surface area contributed by atoms with Crippen LogP contribution in [0, 0.1) is 12.3 Å². The Morgan fingerprint density at radius 1 is 1.64 bits per heavy atom. The molecule has 0 aliphatic heterocycles. The number of hydrogen-bond acceptors (Lipinski definition) is 2. The smallest absolute Gasteiger partial charge is 0.129 e. The summed E-state index contributed by atoms with van der Waals surface area (Å²) in [6.07, 6.45) is 8.37. The normalized spacial score (nSPS) is 12.1. The van der Waals surface area contributed by atoms with Crippen molar-refractivity contribution in [2.45, 2.75) is 25.4 Å². The highest BCUT2D eigenvalue weighted by atomic mass is 35.5. The molecular weight excluding hydrogens is 198 g/mol. The molecule has 0 spiro atoms. The van der Waals surface area contributed by atoms with E-state index in [2.05, 4.69) is 10.9 Å². The van der Waals surface area contributed by atoms with E-state index in [-0.39, 0.29) is 0 Å². The minimum Gasteiger partial charge on any atom is -0.388 e. The lowest BCUT2D eigenvalue weighted by molar-refractivity contribution is 0.165. The Hall–Kier alpha value is -1.04. The van der Waals surface area contributed by atoms with Crippen LogP contribution in [0.5, 0.6) is 0 Å². The molecule has 1 atom stereocenters. The van der Waals surface area contributed by atoms with Gasteiger partial charge in [-0.1, -0.05) is 11.6 Å². The van der Waals surface area contributed by atoms with Gasteiger partial charge in [0.2, 0.25) is 0 Å². The lowest BCUT2D eigenvalue weighted by atomic mass is 10.1. The van der Waals surface area contributed by atoms with Gasteiger partial charge in [0.25, 0.3) is 0 Å². The third kappa shape index (κ3) is 3.37. The number of nitrogens with zero attached hydrogens (tertiary/aromatic N) is 1. The zero-order chi connectivity index (χ0) is 10.4. The highest BCUT2D eigenvalue weighted by Crippen LogP contribution is 2.20. The second-order valence-electron chi connectivity index (χ2n) is 3.02. The predicted octanol–water partition coefficient (Wildman–Crippen LogP) is 2.57. The number of pyridine rings is 1. The van der Waals surface area contributed by atoms with Crippen LogP contribution in [0.3, 0.4) is 0 Å². The quantitative estimate of drug-likeness (QED) is 0.470. The molecule has 0 radical (unpaired) electrons. The van der Waals surface area contributed by atoms with Gasteiger partial charge < -0.3 is 5.11 Å². The standard InChI is InChI=1S/C11H12ClNO/c1-2-3-4-5-10(14)9-6-7-13-11(12)8-9/h1,6-8,10,14H,3-5H2. The van der Waals surface area contributed by atoms with Crippen LogP contribution in [0.15, 0.2) is 18.3 Å². The summed E-state index contributed by atoms with van der Waals surface area (Å²) < 4.78 is 0. The summed E-state index contributed by atoms with van der Waals surface area (Å²) in [7, 11) is 0. The Morgan fingerprint density at radius 2 is 2.43 bits per heavy atom. The Morgan fingerprint density at radius 3 is 3.07 bits per heavy atom. The number of unbranched alkanes of at least 4 members (excludes halogenated alkanes) is 1. The van der Waals surface area contributed by atoms with Gasteiger partial charge >= 0.3 is 0 Å². The van der Waals surface area contributed by atoms with E-state index in [0.717, 1.165) is 12.0 Å². The van der Waals surface area contributed by atoms with Crippen LogP contribution in [0.4, 0.5) is 0 Å².